The van der Waals surface area contributed by atoms with Crippen LogP contribution < -0.4 is 10.1 Å². The van der Waals surface area contributed by atoms with E-state index in [1.54, 1.807) is 0 Å². The Hall–Kier alpha value is -2.96. The van der Waals surface area contributed by atoms with Gasteiger partial charge in [-0.05, 0) is 40.2 Å². The molecule has 2 N–H and O–H groups in total. The number of imidazole rings is 1. The molecule has 10 heteroatoms. The molecule has 3 rings (SSSR count). The number of carbonyl (C=O) groups excluding carboxylic acids is 1. The predicted octanol–water partition coefficient (Wildman–Crippen LogP) is 4.70. The number of nitrogens with zero attached hydrogens (tertiary/aromatic N) is 2. The van der Waals surface area contributed by atoms with Gasteiger partial charge in [-0.2, -0.15) is 5.26 Å². The number of carbonyl (C=O) groups is 1. The first kappa shape index (κ1) is 19.8. The van der Waals surface area contributed by atoms with Gasteiger partial charge in [0.05, 0.1) is 18.0 Å². The van der Waals surface area contributed by atoms with E-state index >= 15 is 0 Å². The highest BCUT2D eigenvalue weighted by atomic mass is 79.9. The van der Waals surface area contributed by atoms with Crippen LogP contribution in [0, 0.1) is 23.0 Å². The molecule has 1 heterocycles. The summed E-state index contributed by atoms with van der Waals surface area (Å²) in [6.45, 7) is -0.223. The lowest BCUT2D eigenvalue weighted by Gasteiger charge is -2.12. The fraction of sp³-hybridized carbons (Fsp3) is 0.0556. The summed E-state index contributed by atoms with van der Waals surface area (Å²) in [6.07, 6.45) is 1.32. The second kappa shape index (κ2) is 8.37. The number of nitrogens with one attached hydrogen (secondary N) is 2. The maximum atomic E-state index is 14.7. The van der Waals surface area contributed by atoms with Crippen LogP contribution in [0.3, 0.4) is 0 Å². The van der Waals surface area contributed by atoms with Crippen molar-refractivity contribution in [3.05, 3.63) is 74.7 Å². The second-order valence-electron chi connectivity index (χ2n) is 5.49. The Kier molecular flexibility index (Phi) is 5.92. The molecule has 0 fully saturated rings. The molecule has 3 aromatic rings. The van der Waals surface area contributed by atoms with E-state index in [0.717, 1.165) is 6.07 Å². The molecular weight excluding hydrogens is 458 g/mol. The van der Waals surface area contributed by atoms with Gasteiger partial charge < -0.3 is 15.0 Å². The van der Waals surface area contributed by atoms with E-state index in [4.69, 9.17) is 21.6 Å². The van der Waals surface area contributed by atoms with Gasteiger partial charge in [0.25, 0.3) is 5.91 Å². The maximum absolute atomic E-state index is 14.7. The summed E-state index contributed by atoms with van der Waals surface area (Å²) in [5.74, 6) is -3.14. The topological polar surface area (TPSA) is 90.8 Å². The van der Waals surface area contributed by atoms with Crippen LogP contribution in [-0.2, 0) is 6.54 Å². The van der Waals surface area contributed by atoms with Gasteiger partial charge in [0.1, 0.15) is 10.4 Å². The Morgan fingerprint density at radius 2 is 2.14 bits per heavy atom. The van der Waals surface area contributed by atoms with Gasteiger partial charge in [0.15, 0.2) is 23.1 Å². The van der Waals surface area contributed by atoms with Gasteiger partial charge in [0, 0.05) is 17.1 Å². The number of ether oxygens (including phenoxy) is 1. The molecule has 0 aliphatic rings. The predicted molar refractivity (Wildman–Crippen MR) is 100 cm³/mol. The highest BCUT2D eigenvalue weighted by Crippen LogP contribution is 2.31. The lowest BCUT2D eigenvalue weighted by molar-refractivity contribution is 0.0945. The number of halogens is 4. The standard InChI is InChI=1S/C18H10BrClF2N4O2/c19-17-15(25-8-26-17)18(27)24-7-10-1-2-13(21)16(14(10)22)28-12-4-9(6-23)3-11(20)5-12/h1-5,8H,7H2,(H,24,27)(H,25,26). The van der Waals surface area contributed by atoms with Crippen molar-refractivity contribution < 1.29 is 18.3 Å². The average Bonchev–Trinajstić information content (AvgIpc) is 3.09. The molecule has 0 atom stereocenters. The molecule has 0 aliphatic heterocycles. The summed E-state index contributed by atoms with van der Waals surface area (Å²) in [6, 6.07) is 8.09. The van der Waals surface area contributed by atoms with Crippen LogP contribution in [0.4, 0.5) is 8.78 Å². The summed E-state index contributed by atoms with van der Waals surface area (Å²) in [4.78, 5) is 18.6. The number of benzene rings is 2. The zero-order valence-electron chi connectivity index (χ0n) is 13.9. The molecule has 0 radical (unpaired) electrons. The SMILES string of the molecule is N#Cc1cc(Cl)cc(Oc2c(F)ccc(CNC(=O)c3nc[nH]c3Br)c2F)c1. The van der Waals surface area contributed by atoms with E-state index < -0.39 is 23.3 Å². The molecule has 0 saturated heterocycles. The number of H-pyrrole nitrogens is 1. The van der Waals surface area contributed by atoms with Crippen molar-refractivity contribution in [2.75, 3.05) is 0 Å². The summed E-state index contributed by atoms with van der Waals surface area (Å²) in [5.41, 5.74) is 0.275. The quantitative estimate of drug-likeness (QED) is 0.569. The normalized spacial score (nSPS) is 10.4. The third-order valence-electron chi connectivity index (χ3n) is 3.60. The third-order valence-corrected chi connectivity index (χ3v) is 4.42. The Morgan fingerprint density at radius 3 is 2.82 bits per heavy atom. The van der Waals surface area contributed by atoms with Gasteiger partial charge in [-0.25, -0.2) is 13.8 Å². The molecule has 1 amide bonds. The smallest absolute Gasteiger partial charge is 0.272 e. The van der Waals surface area contributed by atoms with Crippen LogP contribution >= 0.6 is 27.5 Å². The van der Waals surface area contributed by atoms with Crippen molar-refractivity contribution in [1.29, 1.82) is 5.26 Å². The summed E-state index contributed by atoms with van der Waals surface area (Å²) < 4.78 is 34.5. The zero-order chi connectivity index (χ0) is 20.3. The third kappa shape index (κ3) is 4.30. The highest BCUT2D eigenvalue weighted by molar-refractivity contribution is 9.10. The number of nitriles is 1. The summed E-state index contributed by atoms with van der Waals surface area (Å²) in [7, 11) is 0. The summed E-state index contributed by atoms with van der Waals surface area (Å²) in [5, 5.41) is 11.6. The van der Waals surface area contributed by atoms with E-state index in [2.05, 4.69) is 31.2 Å². The first-order valence-corrected chi connectivity index (χ1v) is 8.88. The fourth-order valence-electron chi connectivity index (χ4n) is 2.30. The molecule has 2 aromatic carbocycles. The van der Waals surface area contributed by atoms with E-state index in [0.29, 0.717) is 4.60 Å². The monoisotopic (exact) mass is 466 g/mol. The number of aromatic nitrogens is 2. The second-order valence-corrected chi connectivity index (χ2v) is 6.72. The fourth-order valence-corrected chi connectivity index (χ4v) is 2.91. The Bertz CT molecular complexity index is 1100. The Balaban J connectivity index is 1.82. The van der Waals surface area contributed by atoms with Crippen molar-refractivity contribution >= 4 is 33.4 Å². The van der Waals surface area contributed by atoms with Crippen LogP contribution in [0.2, 0.25) is 5.02 Å². The van der Waals surface area contributed by atoms with Gasteiger partial charge >= 0.3 is 0 Å². The van der Waals surface area contributed by atoms with E-state index in [1.165, 1.54) is 30.6 Å². The molecule has 0 aliphatic carbocycles. The van der Waals surface area contributed by atoms with Crippen molar-refractivity contribution in [3.63, 3.8) is 0 Å². The molecular formula is C18H10BrClF2N4O2. The minimum Gasteiger partial charge on any atom is -0.451 e. The molecule has 0 saturated carbocycles. The average molecular weight is 468 g/mol. The number of amides is 1. The minimum atomic E-state index is -0.986. The lowest BCUT2D eigenvalue weighted by atomic mass is 10.1. The van der Waals surface area contributed by atoms with Crippen molar-refractivity contribution in [3.8, 4) is 17.6 Å². The number of hydrogen-bond acceptors (Lipinski definition) is 4. The molecule has 0 unspecified atom stereocenters. The largest absolute Gasteiger partial charge is 0.451 e. The van der Waals surface area contributed by atoms with Crippen LogP contribution in [0.25, 0.3) is 0 Å². The zero-order valence-corrected chi connectivity index (χ0v) is 16.2. The van der Waals surface area contributed by atoms with Crippen molar-refractivity contribution in [2.45, 2.75) is 6.54 Å². The number of rotatable bonds is 5. The first-order chi connectivity index (χ1) is 13.4. The molecule has 6 nitrogen and oxygen atoms in total. The number of hydrogen-bond donors (Lipinski definition) is 2. The summed E-state index contributed by atoms with van der Waals surface area (Å²) >= 11 is 9.00. The van der Waals surface area contributed by atoms with E-state index in [9.17, 15) is 13.6 Å². The lowest BCUT2D eigenvalue weighted by Crippen LogP contribution is -2.24. The van der Waals surface area contributed by atoms with Crippen molar-refractivity contribution in [1.82, 2.24) is 15.3 Å². The Morgan fingerprint density at radius 1 is 1.36 bits per heavy atom. The van der Waals surface area contributed by atoms with Gasteiger partial charge in [-0.1, -0.05) is 17.7 Å². The van der Waals surface area contributed by atoms with Crippen LogP contribution in [0.15, 0.2) is 41.3 Å². The van der Waals surface area contributed by atoms with Gasteiger partial charge in [-0.15, -0.1) is 0 Å². The highest BCUT2D eigenvalue weighted by Gasteiger charge is 2.18. The Labute approximate surface area is 171 Å². The number of aromatic amines is 1. The molecule has 0 bridgehead atoms. The van der Waals surface area contributed by atoms with Crippen LogP contribution in [0.5, 0.6) is 11.5 Å². The maximum Gasteiger partial charge on any atom is 0.272 e. The molecule has 142 valence electrons. The van der Waals surface area contributed by atoms with E-state index in [-0.39, 0.29) is 34.1 Å². The van der Waals surface area contributed by atoms with Crippen LogP contribution in [-0.4, -0.2) is 15.9 Å². The molecule has 1 aromatic heterocycles. The molecule has 0 spiro atoms. The first-order valence-electron chi connectivity index (χ1n) is 7.71. The van der Waals surface area contributed by atoms with Crippen molar-refractivity contribution in [2.24, 2.45) is 0 Å². The minimum absolute atomic E-state index is 0.000979. The molecule has 28 heavy (non-hydrogen) atoms. The van der Waals surface area contributed by atoms with Gasteiger partial charge in [-0.3, -0.25) is 4.79 Å². The van der Waals surface area contributed by atoms with Gasteiger partial charge in [0.2, 0.25) is 0 Å². The van der Waals surface area contributed by atoms with Crippen LogP contribution in [0.1, 0.15) is 21.6 Å². The van der Waals surface area contributed by atoms with E-state index in [1.807, 2.05) is 6.07 Å².